The predicted molar refractivity (Wildman–Crippen MR) is 111 cm³/mol. The normalized spacial score (nSPS) is 16.7. The standard InChI is InChI=1S/C18H18FN3O4S.C2HF3O2/c19-17-14-9-20-7-6-13(14)8-15(26-11-12-4-2-1-3-5-12)18(17)22-10-16(23)21-27(22,24)25;3-2(4,5)1(6)7/h1-5,8,20H,6-7,9-11H2,(H,21,23);(H,6,7). The lowest BCUT2D eigenvalue weighted by Gasteiger charge is -2.25. The van der Waals surface area contributed by atoms with Gasteiger partial charge in [0.25, 0.3) is 5.91 Å². The minimum atomic E-state index is -5.08. The number of carbonyl (C=O) groups is 2. The number of hydrogen-bond donors (Lipinski definition) is 3. The fourth-order valence-corrected chi connectivity index (χ4v) is 4.44. The molecule has 2 aromatic rings. The second-order valence-corrected chi connectivity index (χ2v) is 8.81. The molecule has 0 saturated carbocycles. The molecule has 14 heteroatoms. The summed E-state index contributed by atoms with van der Waals surface area (Å²) in [6, 6.07) is 11.0. The largest absolute Gasteiger partial charge is 0.490 e. The molecule has 1 fully saturated rings. The number of carboxylic acids is 1. The van der Waals surface area contributed by atoms with Crippen molar-refractivity contribution in [2.75, 3.05) is 17.4 Å². The molecule has 2 heterocycles. The third-order valence-corrected chi connectivity index (χ3v) is 6.20. The zero-order valence-electron chi connectivity index (χ0n) is 17.4. The Morgan fingerprint density at radius 1 is 1.21 bits per heavy atom. The molecule has 0 spiro atoms. The van der Waals surface area contributed by atoms with E-state index in [1.807, 2.05) is 35.1 Å². The first-order valence-corrected chi connectivity index (χ1v) is 11.2. The van der Waals surface area contributed by atoms with Crippen LogP contribution < -0.4 is 19.1 Å². The van der Waals surface area contributed by atoms with Crippen molar-refractivity contribution < 1.29 is 45.4 Å². The Morgan fingerprint density at radius 2 is 1.85 bits per heavy atom. The summed E-state index contributed by atoms with van der Waals surface area (Å²) in [7, 11) is -4.15. The first-order chi connectivity index (χ1) is 15.9. The van der Waals surface area contributed by atoms with Crippen LogP contribution in [0.2, 0.25) is 0 Å². The van der Waals surface area contributed by atoms with Crippen molar-refractivity contribution in [1.82, 2.24) is 10.0 Å². The van der Waals surface area contributed by atoms with Crippen molar-refractivity contribution in [2.45, 2.75) is 25.7 Å². The Balaban J connectivity index is 0.000000406. The average molecular weight is 505 g/mol. The highest BCUT2D eigenvalue weighted by Crippen LogP contribution is 2.39. The number of halogens is 4. The highest BCUT2D eigenvalue weighted by molar-refractivity contribution is 7.92. The molecule has 34 heavy (non-hydrogen) atoms. The molecule has 9 nitrogen and oxygen atoms in total. The summed E-state index contributed by atoms with van der Waals surface area (Å²) in [6.45, 7) is 0.668. The molecule has 4 rings (SSSR count). The lowest BCUT2D eigenvalue weighted by Crippen LogP contribution is -2.32. The monoisotopic (exact) mass is 505 g/mol. The number of rotatable bonds is 4. The van der Waals surface area contributed by atoms with E-state index in [4.69, 9.17) is 14.6 Å². The minimum Gasteiger partial charge on any atom is -0.487 e. The zero-order chi connectivity index (χ0) is 25.1. The van der Waals surface area contributed by atoms with Gasteiger partial charge in [0.05, 0.1) is 0 Å². The number of carbonyl (C=O) groups excluding carboxylic acids is 1. The second-order valence-electron chi connectivity index (χ2n) is 7.22. The fourth-order valence-electron chi connectivity index (χ4n) is 3.28. The van der Waals surface area contributed by atoms with Crippen molar-refractivity contribution in [3.05, 3.63) is 58.9 Å². The van der Waals surface area contributed by atoms with Crippen molar-refractivity contribution in [3.8, 4) is 5.75 Å². The van der Waals surface area contributed by atoms with Crippen LogP contribution in [0.15, 0.2) is 36.4 Å². The highest BCUT2D eigenvalue weighted by Gasteiger charge is 2.39. The number of amides is 1. The van der Waals surface area contributed by atoms with E-state index >= 15 is 4.39 Å². The summed E-state index contributed by atoms with van der Waals surface area (Å²) in [5, 5.41) is 10.2. The van der Waals surface area contributed by atoms with Crippen LogP contribution in [0.3, 0.4) is 0 Å². The molecule has 0 atom stereocenters. The van der Waals surface area contributed by atoms with Gasteiger partial charge in [-0.3, -0.25) is 4.79 Å². The molecule has 3 N–H and O–H groups in total. The number of aliphatic carboxylic acids is 1. The van der Waals surface area contributed by atoms with Crippen molar-refractivity contribution >= 4 is 27.8 Å². The SMILES string of the molecule is O=C(O)C(F)(F)F.O=C1CN(c2c(OCc3ccccc3)cc3c(c2F)CNCC3)S(=O)(=O)N1. The quantitative estimate of drug-likeness (QED) is 0.542. The Kier molecular flexibility index (Phi) is 7.31. The van der Waals surface area contributed by atoms with Gasteiger partial charge < -0.3 is 15.2 Å². The van der Waals surface area contributed by atoms with Gasteiger partial charge in [-0.15, -0.1) is 0 Å². The number of nitrogens with one attached hydrogen (secondary N) is 2. The molecule has 0 unspecified atom stereocenters. The van der Waals surface area contributed by atoms with E-state index in [-0.39, 0.29) is 18.0 Å². The molecule has 0 bridgehead atoms. The second kappa shape index (κ2) is 9.85. The molecule has 2 aliphatic rings. The topological polar surface area (TPSA) is 125 Å². The van der Waals surface area contributed by atoms with E-state index in [0.29, 0.717) is 25.1 Å². The maximum Gasteiger partial charge on any atom is 0.490 e. The van der Waals surface area contributed by atoms with Crippen LogP contribution in [0, 0.1) is 5.82 Å². The lowest BCUT2D eigenvalue weighted by molar-refractivity contribution is -0.192. The summed E-state index contributed by atoms with van der Waals surface area (Å²) in [5.74, 6) is -4.04. The van der Waals surface area contributed by atoms with Crippen LogP contribution in [0.5, 0.6) is 5.75 Å². The Labute approximate surface area is 191 Å². The Hall–Kier alpha value is -3.39. The number of ether oxygens (including phenoxy) is 1. The van der Waals surface area contributed by atoms with Crippen molar-refractivity contribution in [3.63, 3.8) is 0 Å². The number of hydrogen-bond acceptors (Lipinski definition) is 6. The molecule has 184 valence electrons. The van der Waals surface area contributed by atoms with Crippen LogP contribution in [-0.4, -0.2) is 44.7 Å². The van der Waals surface area contributed by atoms with Crippen molar-refractivity contribution in [1.29, 1.82) is 0 Å². The number of alkyl halides is 3. The molecular formula is C20H19F4N3O6S. The van der Waals surface area contributed by atoms with Gasteiger partial charge >= 0.3 is 22.4 Å². The summed E-state index contributed by atoms with van der Waals surface area (Å²) in [4.78, 5) is 20.5. The van der Waals surface area contributed by atoms with Crippen LogP contribution in [0.1, 0.15) is 16.7 Å². The summed E-state index contributed by atoms with van der Waals surface area (Å²) in [6.07, 6.45) is -4.47. The third kappa shape index (κ3) is 5.75. The van der Waals surface area contributed by atoms with E-state index in [2.05, 4.69) is 5.32 Å². The smallest absolute Gasteiger partial charge is 0.487 e. The van der Waals surface area contributed by atoms with Gasteiger partial charge in [0.1, 0.15) is 24.6 Å². The van der Waals surface area contributed by atoms with Gasteiger partial charge in [0.2, 0.25) is 0 Å². The maximum atomic E-state index is 15.3. The van der Waals surface area contributed by atoms with E-state index < -0.39 is 40.6 Å². The third-order valence-electron chi connectivity index (χ3n) is 4.82. The Morgan fingerprint density at radius 3 is 2.41 bits per heavy atom. The van der Waals surface area contributed by atoms with E-state index in [9.17, 15) is 26.4 Å². The minimum absolute atomic E-state index is 0.108. The van der Waals surface area contributed by atoms with Crippen LogP contribution >= 0.6 is 0 Å². The number of anilines is 1. The van der Waals surface area contributed by atoms with Crippen molar-refractivity contribution in [2.24, 2.45) is 0 Å². The summed E-state index contributed by atoms with van der Waals surface area (Å²) >= 11 is 0. The van der Waals surface area contributed by atoms with Crippen LogP contribution in [-0.2, 0) is 39.4 Å². The first kappa shape index (κ1) is 25.2. The molecule has 2 aromatic carbocycles. The number of benzene rings is 2. The van der Waals surface area contributed by atoms with Gasteiger partial charge in [-0.25, -0.2) is 18.2 Å². The molecule has 0 radical (unpaired) electrons. The fraction of sp³-hybridized carbons (Fsp3) is 0.300. The van der Waals surface area contributed by atoms with Gasteiger partial charge in [-0.2, -0.15) is 21.6 Å². The van der Waals surface area contributed by atoms with Crippen LogP contribution in [0.25, 0.3) is 0 Å². The number of fused-ring (bicyclic) bond motifs is 1. The van der Waals surface area contributed by atoms with E-state index in [0.717, 1.165) is 15.4 Å². The van der Waals surface area contributed by atoms with E-state index in [1.54, 1.807) is 6.07 Å². The highest BCUT2D eigenvalue weighted by atomic mass is 32.2. The molecular weight excluding hydrogens is 486 g/mol. The predicted octanol–water partition coefficient (Wildman–Crippen LogP) is 1.86. The average Bonchev–Trinajstić information content (AvgIpc) is 3.04. The molecule has 0 aromatic heterocycles. The molecule has 1 saturated heterocycles. The van der Waals surface area contributed by atoms with Gasteiger partial charge in [0.15, 0.2) is 5.82 Å². The zero-order valence-corrected chi connectivity index (χ0v) is 18.2. The molecule has 0 aliphatic carbocycles. The molecule has 1 amide bonds. The van der Waals surface area contributed by atoms with Gasteiger partial charge in [-0.05, 0) is 30.2 Å². The molecule has 2 aliphatic heterocycles. The first-order valence-electron chi connectivity index (χ1n) is 9.75. The summed E-state index contributed by atoms with van der Waals surface area (Å²) in [5.41, 5.74) is 1.81. The lowest BCUT2D eigenvalue weighted by atomic mass is 9.98. The Bertz CT molecular complexity index is 1190. The van der Waals surface area contributed by atoms with Crippen LogP contribution in [0.4, 0.5) is 23.2 Å². The van der Waals surface area contributed by atoms with Gasteiger partial charge in [0, 0.05) is 12.1 Å². The summed E-state index contributed by atoms with van der Waals surface area (Å²) < 4.78 is 80.0. The number of nitrogens with zero attached hydrogens (tertiary/aromatic N) is 1. The number of carboxylic acid groups (broad SMARTS) is 1. The maximum absolute atomic E-state index is 15.3. The van der Waals surface area contributed by atoms with E-state index in [1.165, 1.54) is 0 Å². The van der Waals surface area contributed by atoms with Gasteiger partial charge in [-0.1, -0.05) is 30.3 Å².